The molecular weight excluding hydrogens is 234 g/mol. The average molecular weight is 249 g/mol. The lowest BCUT2D eigenvalue weighted by Gasteiger charge is -2.07. The first-order valence-electron chi connectivity index (χ1n) is 6.24. The van der Waals surface area contributed by atoms with E-state index in [1.807, 2.05) is 67.6 Å². The van der Waals surface area contributed by atoms with Crippen molar-refractivity contribution in [2.45, 2.75) is 6.92 Å². The molecule has 2 aromatic carbocycles. The number of nitrogens with zero attached hydrogens (tertiary/aromatic N) is 1. The summed E-state index contributed by atoms with van der Waals surface area (Å²) in [6.45, 7) is 2.56. The molecule has 0 atom stereocenters. The molecule has 2 heteroatoms. The van der Waals surface area contributed by atoms with Crippen LogP contribution in [0.2, 0.25) is 0 Å². The lowest BCUT2D eigenvalue weighted by molar-refractivity contribution is 0.339. The van der Waals surface area contributed by atoms with Gasteiger partial charge in [0, 0.05) is 5.56 Å². The second-order valence-electron chi connectivity index (χ2n) is 4.01. The highest BCUT2D eigenvalue weighted by Gasteiger charge is 2.04. The Labute approximate surface area is 113 Å². The molecule has 0 aliphatic carbocycles. The number of hydrogen-bond donors (Lipinski definition) is 0. The number of benzene rings is 2. The molecule has 2 aromatic rings. The van der Waals surface area contributed by atoms with Crippen LogP contribution in [0.5, 0.6) is 5.75 Å². The molecule has 0 fully saturated rings. The fourth-order valence-electron chi connectivity index (χ4n) is 1.84. The fraction of sp³-hybridized carbons (Fsp3) is 0.118. The maximum Gasteiger partial charge on any atom is 0.126 e. The van der Waals surface area contributed by atoms with E-state index in [0.29, 0.717) is 12.2 Å². The van der Waals surface area contributed by atoms with Crippen molar-refractivity contribution in [3.8, 4) is 11.8 Å². The molecule has 0 amide bonds. The third-order valence-corrected chi connectivity index (χ3v) is 2.72. The highest BCUT2D eigenvalue weighted by Crippen LogP contribution is 2.24. The number of hydrogen-bond acceptors (Lipinski definition) is 2. The van der Waals surface area contributed by atoms with Crippen LogP contribution < -0.4 is 4.74 Å². The number of allylic oxidation sites excluding steroid dienone is 1. The standard InChI is InChI=1S/C17H15NO/c1-2-19-17-11-7-6-10-15(17)12-16(13-18)14-8-4-3-5-9-14/h3-12H,2H2,1H3/b16-12-. The van der Waals surface area contributed by atoms with Crippen molar-refractivity contribution in [1.82, 2.24) is 0 Å². The van der Waals surface area contributed by atoms with Crippen LogP contribution in [0.4, 0.5) is 0 Å². The zero-order valence-electron chi connectivity index (χ0n) is 10.8. The Balaban J connectivity index is 2.42. The predicted molar refractivity (Wildman–Crippen MR) is 77.5 cm³/mol. The van der Waals surface area contributed by atoms with Crippen LogP contribution >= 0.6 is 0 Å². The Morgan fingerprint density at radius 2 is 1.79 bits per heavy atom. The van der Waals surface area contributed by atoms with Crippen LogP contribution in [0.25, 0.3) is 11.6 Å². The molecule has 2 nitrogen and oxygen atoms in total. The minimum atomic E-state index is 0.609. The van der Waals surface area contributed by atoms with Gasteiger partial charge in [-0.05, 0) is 24.6 Å². The van der Waals surface area contributed by atoms with Gasteiger partial charge in [-0.2, -0.15) is 5.26 Å². The molecule has 0 N–H and O–H groups in total. The van der Waals surface area contributed by atoms with E-state index in [1.165, 1.54) is 0 Å². The molecule has 0 radical (unpaired) electrons. The number of ether oxygens (including phenoxy) is 1. The van der Waals surface area contributed by atoms with Crippen molar-refractivity contribution in [2.24, 2.45) is 0 Å². The van der Waals surface area contributed by atoms with Crippen LogP contribution in [-0.4, -0.2) is 6.61 Å². The lowest BCUT2D eigenvalue weighted by atomic mass is 10.0. The molecular formula is C17H15NO. The normalized spacial score (nSPS) is 10.8. The van der Waals surface area contributed by atoms with Crippen LogP contribution in [0.1, 0.15) is 18.1 Å². The topological polar surface area (TPSA) is 33.0 Å². The van der Waals surface area contributed by atoms with E-state index in [4.69, 9.17) is 4.74 Å². The number of rotatable bonds is 4. The third kappa shape index (κ3) is 3.23. The summed E-state index contributed by atoms with van der Waals surface area (Å²) >= 11 is 0. The van der Waals surface area contributed by atoms with Crippen LogP contribution in [0.3, 0.4) is 0 Å². The summed E-state index contributed by atoms with van der Waals surface area (Å²) in [5, 5.41) is 9.30. The molecule has 0 heterocycles. The van der Waals surface area contributed by atoms with E-state index in [9.17, 15) is 5.26 Å². The van der Waals surface area contributed by atoms with Gasteiger partial charge in [-0.15, -0.1) is 0 Å². The maximum atomic E-state index is 9.30. The molecule has 0 aromatic heterocycles. The smallest absolute Gasteiger partial charge is 0.126 e. The number of nitriles is 1. The van der Waals surface area contributed by atoms with Crippen molar-refractivity contribution >= 4 is 11.6 Å². The van der Waals surface area contributed by atoms with Gasteiger partial charge >= 0.3 is 0 Å². The lowest BCUT2D eigenvalue weighted by Crippen LogP contribution is -1.93. The molecule has 0 aliphatic heterocycles. The quantitative estimate of drug-likeness (QED) is 0.602. The van der Waals surface area contributed by atoms with E-state index in [-0.39, 0.29) is 0 Å². The molecule has 0 spiro atoms. The van der Waals surface area contributed by atoms with Gasteiger partial charge in [-0.1, -0.05) is 48.5 Å². The highest BCUT2D eigenvalue weighted by molar-refractivity contribution is 5.90. The summed E-state index contributed by atoms with van der Waals surface area (Å²) in [4.78, 5) is 0. The van der Waals surface area contributed by atoms with Crippen molar-refractivity contribution in [3.63, 3.8) is 0 Å². The summed E-state index contributed by atoms with van der Waals surface area (Å²) in [6, 6.07) is 19.6. The monoisotopic (exact) mass is 249 g/mol. The first-order chi connectivity index (χ1) is 9.35. The molecule has 0 aliphatic rings. The predicted octanol–water partition coefficient (Wildman–Crippen LogP) is 4.15. The minimum Gasteiger partial charge on any atom is -0.493 e. The van der Waals surface area contributed by atoms with Gasteiger partial charge in [-0.3, -0.25) is 0 Å². The summed E-state index contributed by atoms with van der Waals surface area (Å²) in [6.07, 6.45) is 1.86. The zero-order chi connectivity index (χ0) is 13.5. The zero-order valence-corrected chi connectivity index (χ0v) is 10.8. The summed E-state index contributed by atoms with van der Waals surface area (Å²) in [5.74, 6) is 0.800. The third-order valence-electron chi connectivity index (χ3n) is 2.72. The van der Waals surface area contributed by atoms with Gasteiger partial charge in [0.25, 0.3) is 0 Å². The van der Waals surface area contributed by atoms with Gasteiger partial charge < -0.3 is 4.74 Å². The van der Waals surface area contributed by atoms with Crippen molar-refractivity contribution in [1.29, 1.82) is 5.26 Å². The minimum absolute atomic E-state index is 0.609. The van der Waals surface area contributed by atoms with Gasteiger partial charge in [0.1, 0.15) is 5.75 Å². The molecule has 94 valence electrons. The van der Waals surface area contributed by atoms with Gasteiger partial charge in [0.15, 0.2) is 0 Å². The van der Waals surface area contributed by atoms with E-state index in [1.54, 1.807) is 0 Å². The largest absolute Gasteiger partial charge is 0.493 e. The van der Waals surface area contributed by atoms with E-state index < -0.39 is 0 Å². The summed E-state index contributed by atoms with van der Waals surface area (Å²) in [7, 11) is 0. The Morgan fingerprint density at radius 1 is 1.11 bits per heavy atom. The molecule has 0 saturated heterocycles. The van der Waals surface area contributed by atoms with Gasteiger partial charge in [-0.25, -0.2) is 0 Å². The fourth-order valence-corrected chi connectivity index (χ4v) is 1.84. The van der Waals surface area contributed by atoms with Crippen LogP contribution in [-0.2, 0) is 0 Å². The summed E-state index contributed by atoms with van der Waals surface area (Å²) in [5.41, 5.74) is 2.47. The SMILES string of the molecule is CCOc1ccccc1/C=C(/C#N)c1ccccc1. The van der Waals surface area contributed by atoms with Gasteiger partial charge in [0.05, 0.1) is 18.2 Å². The van der Waals surface area contributed by atoms with Crippen molar-refractivity contribution < 1.29 is 4.74 Å². The molecule has 0 bridgehead atoms. The van der Waals surface area contributed by atoms with E-state index in [2.05, 4.69) is 6.07 Å². The van der Waals surface area contributed by atoms with Crippen molar-refractivity contribution in [2.75, 3.05) is 6.61 Å². The van der Waals surface area contributed by atoms with E-state index in [0.717, 1.165) is 16.9 Å². The van der Waals surface area contributed by atoms with Crippen LogP contribution in [0.15, 0.2) is 54.6 Å². The first kappa shape index (κ1) is 12.9. The second kappa shape index (κ2) is 6.42. The maximum absolute atomic E-state index is 9.30. The van der Waals surface area contributed by atoms with Crippen LogP contribution in [0, 0.1) is 11.3 Å². The Bertz CT molecular complexity index is 609. The molecule has 0 saturated carbocycles. The first-order valence-corrected chi connectivity index (χ1v) is 6.24. The Morgan fingerprint density at radius 3 is 2.47 bits per heavy atom. The molecule has 2 rings (SSSR count). The van der Waals surface area contributed by atoms with Gasteiger partial charge in [0.2, 0.25) is 0 Å². The molecule has 19 heavy (non-hydrogen) atoms. The average Bonchev–Trinajstić information content (AvgIpc) is 2.47. The van der Waals surface area contributed by atoms with E-state index >= 15 is 0 Å². The van der Waals surface area contributed by atoms with Crippen molar-refractivity contribution in [3.05, 3.63) is 65.7 Å². The Kier molecular flexibility index (Phi) is 4.36. The second-order valence-corrected chi connectivity index (χ2v) is 4.01. The number of para-hydroxylation sites is 1. The summed E-state index contributed by atoms with van der Waals surface area (Å²) < 4.78 is 5.56. The Hall–Kier alpha value is -2.53. The molecule has 0 unspecified atom stereocenters. The highest BCUT2D eigenvalue weighted by atomic mass is 16.5.